The highest BCUT2D eigenvalue weighted by Crippen LogP contribution is 2.21. The van der Waals surface area contributed by atoms with Crippen LogP contribution in [0, 0.1) is 11.6 Å². The van der Waals surface area contributed by atoms with Gasteiger partial charge in [-0.2, -0.15) is 11.8 Å². The number of benzene rings is 1. The van der Waals surface area contributed by atoms with Gasteiger partial charge in [0.05, 0.1) is 0 Å². The molecular weight excluding hydrogens is 304 g/mol. The molecule has 0 bridgehead atoms. The molecule has 1 aliphatic rings. The summed E-state index contributed by atoms with van der Waals surface area (Å²) in [7, 11) is 1.74. The Labute approximate surface area is 135 Å². The number of nitrogens with one attached hydrogen (secondary N) is 1. The fraction of sp³-hybridized carbons (Fsp3) is 0.562. The SMILES string of the molecule is CCC1CN(C(=NC)NCCc2c(F)cccc2F)CCS1. The summed E-state index contributed by atoms with van der Waals surface area (Å²) in [6.07, 6.45) is 1.44. The van der Waals surface area contributed by atoms with Crippen molar-refractivity contribution < 1.29 is 8.78 Å². The molecule has 6 heteroatoms. The second-order valence-electron chi connectivity index (χ2n) is 5.27. The number of guanidine groups is 1. The normalized spacial score (nSPS) is 19.4. The molecule has 1 N–H and O–H groups in total. The van der Waals surface area contributed by atoms with E-state index in [-0.39, 0.29) is 5.56 Å². The highest BCUT2D eigenvalue weighted by molar-refractivity contribution is 8.00. The maximum absolute atomic E-state index is 13.6. The third-order valence-corrected chi connectivity index (χ3v) is 5.20. The zero-order chi connectivity index (χ0) is 15.9. The van der Waals surface area contributed by atoms with E-state index in [9.17, 15) is 8.78 Å². The van der Waals surface area contributed by atoms with E-state index in [1.165, 1.54) is 18.2 Å². The molecule has 1 saturated heterocycles. The van der Waals surface area contributed by atoms with Crippen molar-refractivity contribution in [2.45, 2.75) is 25.0 Å². The quantitative estimate of drug-likeness (QED) is 0.681. The summed E-state index contributed by atoms with van der Waals surface area (Å²) in [5.74, 6) is 0.922. The lowest BCUT2D eigenvalue weighted by Gasteiger charge is -2.34. The van der Waals surface area contributed by atoms with Gasteiger partial charge in [0, 0.05) is 43.2 Å². The summed E-state index contributed by atoms with van der Waals surface area (Å²) in [4.78, 5) is 6.52. The number of halogens is 2. The predicted molar refractivity (Wildman–Crippen MR) is 89.5 cm³/mol. The van der Waals surface area contributed by atoms with E-state index in [1.54, 1.807) is 7.05 Å². The Hall–Kier alpha value is -1.30. The Bertz CT molecular complexity index is 502. The van der Waals surface area contributed by atoms with Crippen molar-refractivity contribution in [2.75, 3.05) is 32.4 Å². The van der Waals surface area contributed by atoms with Crippen molar-refractivity contribution >= 4 is 17.7 Å². The van der Waals surface area contributed by atoms with E-state index in [0.717, 1.165) is 31.2 Å². The van der Waals surface area contributed by atoms with Crippen LogP contribution in [-0.2, 0) is 6.42 Å². The van der Waals surface area contributed by atoms with Crippen molar-refractivity contribution in [2.24, 2.45) is 4.99 Å². The lowest BCUT2D eigenvalue weighted by atomic mass is 10.1. The minimum absolute atomic E-state index is 0.131. The van der Waals surface area contributed by atoms with Crippen LogP contribution in [0.4, 0.5) is 8.78 Å². The molecule has 0 radical (unpaired) electrons. The van der Waals surface area contributed by atoms with E-state index in [1.807, 2.05) is 11.8 Å². The monoisotopic (exact) mass is 327 g/mol. The third-order valence-electron chi connectivity index (χ3n) is 3.83. The minimum Gasteiger partial charge on any atom is -0.356 e. The van der Waals surface area contributed by atoms with Gasteiger partial charge >= 0.3 is 0 Å². The average molecular weight is 327 g/mol. The summed E-state index contributed by atoms with van der Waals surface area (Å²) in [6, 6.07) is 3.97. The number of rotatable bonds is 4. The maximum atomic E-state index is 13.6. The zero-order valence-corrected chi connectivity index (χ0v) is 13.9. The molecule has 2 rings (SSSR count). The summed E-state index contributed by atoms with van der Waals surface area (Å²) in [6.45, 7) is 4.58. The molecule has 1 aliphatic heterocycles. The van der Waals surface area contributed by atoms with Gasteiger partial charge in [-0.25, -0.2) is 8.78 Å². The highest BCUT2D eigenvalue weighted by Gasteiger charge is 2.21. The van der Waals surface area contributed by atoms with E-state index in [2.05, 4.69) is 22.1 Å². The third kappa shape index (κ3) is 4.35. The summed E-state index contributed by atoms with van der Waals surface area (Å²) in [5.41, 5.74) is 0.131. The van der Waals surface area contributed by atoms with E-state index in [0.29, 0.717) is 18.2 Å². The zero-order valence-electron chi connectivity index (χ0n) is 13.1. The van der Waals surface area contributed by atoms with Crippen molar-refractivity contribution in [1.29, 1.82) is 0 Å². The molecule has 3 nitrogen and oxygen atoms in total. The second kappa shape index (κ2) is 8.36. The molecule has 1 aromatic rings. The van der Waals surface area contributed by atoms with Crippen LogP contribution in [0.25, 0.3) is 0 Å². The molecule has 1 fully saturated rings. The molecule has 0 amide bonds. The molecule has 1 atom stereocenters. The van der Waals surface area contributed by atoms with Gasteiger partial charge in [-0.15, -0.1) is 0 Å². The molecule has 1 aromatic carbocycles. The molecule has 0 saturated carbocycles. The van der Waals surface area contributed by atoms with E-state index in [4.69, 9.17) is 0 Å². The topological polar surface area (TPSA) is 27.6 Å². The number of hydrogen-bond donors (Lipinski definition) is 1. The van der Waals surface area contributed by atoms with Gasteiger partial charge in [-0.3, -0.25) is 4.99 Å². The Balaban J connectivity index is 1.89. The van der Waals surface area contributed by atoms with Crippen LogP contribution in [0.15, 0.2) is 23.2 Å². The first-order valence-corrected chi connectivity index (χ1v) is 8.70. The van der Waals surface area contributed by atoms with Crippen LogP contribution in [0.2, 0.25) is 0 Å². The van der Waals surface area contributed by atoms with Crippen molar-refractivity contribution in [3.05, 3.63) is 35.4 Å². The Morgan fingerprint density at radius 3 is 2.77 bits per heavy atom. The van der Waals surface area contributed by atoms with E-state index < -0.39 is 11.6 Å². The standard InChI is InChI=1S/C16H23F2N3S/c1-3-12-11-21(9-10-22-12)16(19-2)20-8-7-13-14(17)5-4-6-15(13)18/h4-6,12H,3,7-11H2,1-2H3,(H,19,20). The van der Waals surface area contributed by atoms with Gasteiger partial charge in [0.25, 0.3) is 0 Å². The van der Waals surface area contributed by atoms with Crippen LogP contribution in [0.3, 0.4) is 0 Å². The number of aliphatic imine (C=N–C) groups is 1. The summed E-state index contributed by atoms with van der Waals surface area (Å²) < 4.78 is 27.2. The Morgan fingerprint density at radius 2 is 2.14 bits per heavy atom. The maximum Gasteiger partial charge on any atom is 0.193 e. The van der Waals surface area contributed by atoms with Gasteiger partial charge < -0.3 is 10.2 Å². The second-order valence-corrected chi connectivity index (χ2v) is 6.68. The summed E-state index contributed by atoms with van der Waals surface area (Å²) >= 11 is 2.00. The van der Waals surface area contributed by atoms with Crippen LogP contribution < -0.4 is 5.32 Å². The molecule has 0 aromatic heterocycles. The van der Waals surface area contributed by atoms with Gasteiger partial charge in [0.2, 0.25) is 0 Å². The average Bonchev–Trinajstić information content (AvgIpc) is 2.54. The van der Waals surface area contributed by atoms with Crippen LogP contribution in [-0.4, -0.2) is 48.5 Å². The molecule has 1 heterocycles. The first-order chi connectivity index (χ1) is 10.7. The Morgan fingerprint density at radius 1 is 1.41 bits per heavy atom. The molecule has 22 heavy (non-hydrogen) atoms. The van der Waals surface area contributed by atoms with Crippen LogP contribution >= 0.6 is 11.8 Å². The molecule has 0 spiro atoms. The molecule has 0 aliphatic carbocycles. The lowest BCUT2D eigenvalue weighted by Crippen LogP contribution is -2.48. The van der Waals surface area contributed by atoms with Crippen molar-refractivity contribution in [3.63, 3.8) is 0 Å². The highest BCUT2D eigenvalue weighted by atomic mass is 32.2. The lowest BCUT2D eigenvalue weighted by molar-refractivity contribution is 0.408. The number of hydrogen-bond acceptors (Lipinski definition) is 2. The fourth-order valence-electron chi connectivity index (χ4n) is 2.56. The number of thioether (sulfide) groups is 1. The molecule has 1 unspecified atom stereocenters. The first kappa shape index (κ1) is 17.1. The minimum atomic E-state index is -0.489. The number of nitrogens with zero attached hydrogens (tertiary/aromatic N) is 2. The predicted octanol–water partition coefficient (Wildman–Crippen LogP) is 2.91. The fourth-order valence-corrected chi connectivity index (χ4v) is 3.74. The van der Waals surface area contributed by atoms with Gasteiger partial charge in [-0.05, 0) is 25.0 Å². The van der Waals surface area contributed by atoms with Gasteiger partial charge in [0.15, 0.2) is 5.96 Å². The van der Waals surface area contributed by atoms with Crippen LogP contribution in [0.1, 0.15) is 18.9 Å². The van der Waals surface area contributed by atoms with Gasteiger partial charge in [-0.1, -0.05) is 13.0 Å². The van der Waals surface area contributed by atoms with E-state index >= 15 is 0 Å². The van der Waals surface area contributed by atoms with Gasteiger partial charge in [0.1, 0.15) is 11.6 Å². The van der Waals surface area contributed by atoms with Crippen molar-refractivity contribution in [1.82, 2.24) is 10.2 Å². The largest absolute Gasteiger partial charge is 0.356 e. The smallest absolute Gasteiger partial charge is 0.193 e. The van der Waals surface area contributed by atoms with Crippen molar-refractivity contribution in [3.8, 4) is 0 Å². The molecule has 122 valence electrons. The van der Waals surface area contributed by atoms with Crippen LogP contribution in [0.5, 0.6) is 0 Å². The Kier molecular flexibility index (Phi) is 6.49. The summed E-state index contributed by atoms with van der Waals surface area (Å²) in [5, 5.41) is 3.84. The molecular formula is C16H23F2N3S. The first-order valence-electron chi connectivity index (χ1n) is 7.65.